The van der Waals surface area contributed by atoms with Gasteiger partial charge in [-0.25, -0.2) is 5.28 Å². The Kier molecular flexibility index (Phi) is 2.60. The molecule has 0 saturated heterocycles. The van der Waals surface area contributed by atoms with Gasteiger partial charge in [-0.15, -0.1) is 0 Å². The molecule has 58 valence electrons. The van der Waals surface area contributed by atoms with Crippen LogP contribution >= 0.6 is 0 Å². The van der Waals surface area contributed by atoms with Crippen molar-refractivity contribution in [1.82, 2.24) is 0 Å². The molecular formula is C8H9N2O-. The van der Waals surface area contributed by atoms with Crippen LogP contribution < -0.4 is 0 Å². The van der Waals surface area contributed by atoms with Crippen molar-refractivity contribution in [2.75, 3.05) is 0 Å². The highest BCUT2D eigenvalue weighted by Crippen LogP contribution is 2.15. The van der Waals surface area contributed by atoms with E-state index in [-0.39, 0.29) is 6.04 Å². The SMILES string of the molecule is C[C@@H](N=N[O-])c1ccccc1. The molecule has 1 aromatic rings. The first-order chi connectivity index (χ1) is 5.34. The van der Waals surface area contributed by atoms with Gasteiger partial charge in [-0.2, -0.15) is 5.11 Å². The Morgan fingerprint density at radius 1 is 1.27 bits per heavy atom. The molecule has 3 nitrogen and oxygen atoms in total. The summed E-state index contributed by atoms with van der Waals surface area (Å²) in [7, 11) is 0. The second kappa shape index (κ2) is 3.71. The molecule has 0 amide bonds. The maximum absolute atomic E-state index is 9.77. The van der Waals surface area contributed by atoms with E-state index in [1.807, 2.05) is 37.3 Å². The molecule has 0 saturated carbocycles. The summed E-state index contributed by atoms with van der Waals surface area (Å²) in [5.41, 5.74) is 1.01. The molecule has 11 heavy (non-hydrogen) atoms. The largest absolute Gasteiger partial charge is 0.775 e. The lowest BCUT2D eigenvalue weighted by Gasteiger charge is -2.04. The van der Waals surface area contributed by atoms with Gasteiger partial charge in [0.1, 0.15) is 0 Å². The van der Waals surface area contributed by atoms with Gasteiger partial charge >= 0.3 is 0 Å². The average Bonchev–Trinajstić information content (AvgIpc) is 2.07. The maximum Gasteiger partial charge on any atom is 0.0926 e. The predicted octanol–water partition coefficient (Wildman–Crippen LogP) is 2.70. The summed E-state index contributed by atoms with van der Waals surface area (Å²) in [6, 6.07) is 9.44. The number of hydrogen-bond acceptors (Lipinski definition) is 3. The molecule has 0 aliphatic rings. The standard InChI is InChI=1S/C8H10N2O/c1-7(9-10-11)8-5-3-2-4-6-8/h2-7H,1H3,(H,9,11)/p-1/t7-/m1/s1. The maximum atomic E-state index is 9.77. The molecule has 0 aliphatic carbocycles. The first-order valence-electron chi connectivity index (χ1n) is 3.42. The fourth-order valence-corrected chi connectivity index (χ4v) is 0.869. The normalized spacial score (nSPS) is 13.5. The Labute approximate surface area is 65.4 Å². The third-order valence-electron chi connectivity index (χ3n) is 1.50. The van der Waals surface area contributed by atoms with E-state index >= 15 is 0 Å². The van der Waals surface area contributed by atoms with Crippen molar-refractivity contribution in [3.8, 4) is 0 Å². The van der Waals surface area contributed by atoms with Crippen LogP contribution in [0.2, 0.25) is 0 Å². The fourth-order valence-electron chi connectivity index (χ4n) is 0.869. The van der Waals surface area contributed by atoms with E-state index in [2.05, 4.69) is 10.4 Å². The van der Waals surface area contributed by atoms with Crippen LogP contribution in [0, 0.1) is 5.21 Å². The smallest absolute Gasteiger partial charge is 0.0926 e. The third kappa shape index (κ3) is 2.04. The van der Waals surface area contributed by atoms with Crippen molar-refractivity contribution < 1.29 is 0 Å². The van der Waals surface area contributed by atoms with Gasteiger partial charge < -0.3 is 5.21 Å². The van der Waals surface area contributed by atoms with Gasteiger partial charge in [0.2, 0.25) is 0 Å². The number of nitrogens with zero attached hydrogens (tertiary/aromatic N) is 2. The quantitative estimate of drug-likeness (QED) is 0.471. The fraction of sp³-hybridized carbons (Fsp3) is 0.250. The summed E-state index contributed by atoms with van der Waals surface area (Å²) in [6.45, 7) is 1.83. The molecule has 0 bridgehead atoms. The third-order valence-corrected chi connectivity index (χ3v) is 1.50. The summed E-state index contributed by atoms with van der Waals surface area (Å²) in [5, 5.41) is 15.7. The summed E-state index contributed by atoms with van der Waals surface area (Å²) < 4.78 is 0. The van der Waals surface area contributed by atoms with E-state index in [9.17, 15) is 5.21 Å². The molecule has 0 radical (unpaired) electrons. The highest BCUT2D eigenvalue weighted by Gasteiger charge is 1.99. The topological polar surface area (TPSA) is 47.8 Å². The number of hydrogen-bond donors (Lipinski definition) is 0. The van der Waals surface area contributed by atoms with Crippen molar-refractivity contribution in [3.63, 3.8) is 0 Å². The molecule has 1 rings (SSSR count). The zero-order valence-electron chi connectivity index (χ0n) is 6.27. The molecule has 0 aliphatic heterocycles. The second-order valence-corrected chi connectivity index (χ2v) is 2.28. The van der Waals surface area contributed by atoms with Gasteiger partial charge in [-0.3, -0.25) is 0 Å². The van der Waals surface area contributed by atoms with Crippen molar-refractivity contribution in [3.05, 3.63) is 41.1 Å². The minimum absolute atomic E-state index is 0.131. The summed E-state index contributed by atoms with van der Waals surface area (Å²) >= 11 is 0. The van der Waals surface area contributed by atoms with Crippen LogP contribution in [-0.4, -0.2) is 0 Å². The Morgan fingerprint density at radius 3 is 2.45 bits per heavy atom. The summed E-state index contributed by atoms with van der Waals surface area (Å²) in [6.07, 6.45) is 0. The van der Waals surface area contributed by atoms with E-state index in [0.29, 0.717) is 0 Å². The van der Waals surface area contributed by atoms with Crippen molar-refractivity contribution >= 4 is 0 Å². The van der Waals surface area contributed by atoms with Crippen LogP contribution in [0.4, 0.5) is 0 Å². The number of rotatable bonds is 2. The molecule has 3 heteroatoms. The van der Waals surface area contributed by atoms with E-state index in [4.69, 9.17) is 0 Å². The first kappa shape index (κ1) is 7.72. The molecule has 0 aromatic heterocycles. The predicted molar refractivity (Wildman–Crippen MR) is 43.1 cm³/mol. The van der Waals surface area contributed by atoms with E-state index in [0.717, 1.165) is 5.56 Å². The van der Waals surface area contributed by atoms with Crippen LogP contribution in [0.5, 0.6) is 0 Å². The van der Waals surface area contributed by atoms with Crippen LogP contribution in [-0.2, 0) is 0 Å². The highest BCUT2D eigenvalue weighted by atomic mass is 16.5. The molecule has 0 N–H and O–H groups in total. The lowest BCUT2D eigenvalue weighted by Crippen LogP contribution is -1.86. The Hall–Kier alpha value is -1.38. The zero-order valence-corrected chi connectivity index (χ0v) is 6.27. The minimum Gasteiger partial charge on any atom is -0.775 e. The summed E-state index contributed by atoms with van der Waals surface area (Å²) in [5.74, 6) is 0. The molecule has 1 aromatic carbocycles. The van der Waals surface area contributed by atoms with Crippen molar-refractivity contribution in [1.29, 1.82) is 0 Å². The van der Waals surface area contributed by atoms with E-state index < -0.39 is 0 Å². The lowest BCUT2D eigenvalue weighted by atomic mass is 10.1. The van der Waals surface area contributed by atoms with Gasteiger partial charge in [0, 0.05) is 0 Å². The first-order valence-corrected chi connectivity index (χ1v) is 3.42. The molecule has 1 atom stereocenters. The van der Waals surface area contributed by atoms with Crippen LogP contribution in [0.25, 0.3) is 0 Å². The van der Waals surface area contributed by atoms with E-state index in [1.165, 1.54) is 0 Å². The lowest BCUT2D eigenvalue weighted by molar-refractivity contribution is 0.762. The minimum atomic E-state index is -0.131. The van der Waals surface area contributed by atoms with Crippen molar-refractivity contribution in [2.45, 2.75) is 13.0 Å². The Balaban J connectivity index is 2.76. The van der Waals surface area contributed by atoms with Gasteiger partial charge in [-0.05, 0) is 12.5 Å². The van der Waals surface area contributed by atoms with Gasteiger partial charge in [-0.1, -0.05) is 30.3 Å². The molecular weight excluding hydrogens is 140 g/mol. The van der Waals surface area contributed by atoms with Crippen LogP contribution in [0.3, 0.4) is 0 Å². The van der Waals surface area contributed by atoms with Gasteiger partial charge in [0.25, 0.3) is 0 Å². The van der Waals surface area contributed by atoms with Crippen LogP contribution in [0.15, 0.2) is 40.7 Å². The van der Waals surface area contributed by atoms with Gasteiger partial charge in [0.05, 0.1) is 6.04 Å². The zero-order chi connectivity index (χ0) is 8.10. The number of benzene rings is 1. The van der Waals surface area contributed by atoms with Crippen LogP contribution in [0.1, 0.15) is 18.5 Å². The molecule has 0 spiro atoms. The average molecular weight is 149 g/mol. The highest BCUT2D eigenvalue weighted by molar-refractivity contribution is 5.17. The summed E-state index contributed by atoms with van der Waals surface area (Å²) in [4.78, 5) is 0. The molecule has 0 unspecified atom stereocenters. The Morgan fingerprint density at radius 2 is 1.91 bits per heavy atom. The van der Waals surface area contributed by atoms with Crippen molar-refractivity contribution in [2.24, 2.45) is 10.4 Å². The van der Waals surface area contributed by atoms with Gasteiger partial charge in [0.15, 0.2) is 0 Å². The monoisotopic (exact) mass is 149 g/mol. The molecule has 0 fully saturated rings. The Bertz CT molecular complexity index is 233. The molecule has 0 heterocycles. The second-order valence-electron chi connectivity index (χ2n) is 2.28. The van der Waals surface area contributed by atoms with E-state index in [1.54, 1.807) is 0 Å².